The summed E-state index contributed by atoms with van der Waals surface area (Å²) in [6.45, 7) is 7.10. The first-order chi connectivity index (χ1) is 14.3. The second-order valence-electron chi connectivity index (χ2n) is 7.33. The quantitative estimate of drug-likeness (QED) is 0.446. The molecule has 2 aromatic carbocycles. The van der Waals surface area contributed by atoms with E-state index in [4.69, 9.17) is 9.47 Å². The first-order valence-corrected chi connectivity index (χ1v) is 10.6. The number of nitrogens with zero attached hydrogens (tertiary/aromatic N) is 2. The topological polar surface area (TPSA) is 42.0 Å². The molecule has 0 aromatic heterocycles. The highest BCUT2D eigenvalue weighted by Crippen LogP contribution is 2.24. The van der Waals surface area contributed by atoms with Gasteiger partial charge in [0.1, 0.15) is 0 Å². The fourth-order valence-corrected chi connectivity index (χ4v) is 3.79. The Bertz CT molecular complexity index is 684. The van der Waals surface area contributed by atoms with Crippen molar-refractivity contribution < 1.29 is 14.3 Å². The van der Waals surface area contributed by atoms with Crippen LogP contribution >= 0.6 is 0 Å². The van der Waals surface area contributed by atoms with E-state index < -0.39 is 0 Å². The normalized spacial score (nSPS) is 17.1. The molecule has 1 heterocycles. The Labute approximate surface area is 174 Å². The minimum absolute atomic E-state index is 0.00959. The zero-order valence-corrected chi connectivity index (χ0v) is 17.3. The summed E-state index contributed by atoms with van der Waals surface area (Å²) in [5, 5.41) is 0. The molecule has 0 spiro atoms. The predicted octanol–water partition coefficient (Wildman–Crippen LogP) is 4.12. The monoisotopic (exact) mass is 396 g/mol. The highest BCUT2D eigenvalue weighted by Gasteiger charge is 2.26. The molecule has 0 bridgehead atoms. The molecule has 1 fully saturated rings. The maximum absolute atomic E-state index is 12.0. The first kappa shape index (κ1) is 21.3. The third-order valence-electron chi connectivity index (χ3n) is 5.27. The van der Waals surface area contributed by atoms with Gasteiger partial charge in [-0.05, 0) is 50.6 Å². The lowest BCUT2D eigenvalue weighted by atomic mass is 9.98. The van der Waals surface area contributed by atoms with Crippen LogP contribution in [0, 0.1) is 5.92 Å². The average molecular weight is 397 g/mol. The van der Waals surface area contributed by atoms with Crippen molar-refractivity contribution in [3.8, 4) is 0 Å². The van der Waals surface area contributed by atoms with Crippen molar-refractivity contribution in [1.29, 1.82) is 0 Å². The van der Waals surface area contributed by atoms with Crippen molar-refractivity contribution >= 4 is 17.3 Å². The Balaban J connectivity index is 1.44. The number of rotatable bonds is 10. The summed E-state index contributed by atoms with van der Waals surface area (Å²) in [7, 11) is 0. The van der Waals surface area contributed by atoms with Gasteiger partial charge in [0.25, 0.3) is 0 Å². The molecule has 1 atom stereocenters. The highest BCUT2D eigenvalue weighted by molar-refractivity contribution is 5.72. The van der Waals surface area contributed by atoms with E-state index in [9.17, 15) is 4.79 Å². The van der Waals surface area contributed by atoms with Gasteiger partial charge in [-0.2, -0.15) is 0 Å². The molecule has 0 saturated carbocycles. The minimum Gasteiger partial charge on any atom is -0.466 e. The standard InChI is InChI=1S/C24H32N2O3/c1-2-29-24(27)21-10-9-15-25(20-21)16-18-28-19-17-26(22-11-5-3-6-12-22)23-13-7-4-8-14-23/h3-8,11-14,21H,2,9-10,15-20H2,1H3/t21-/m1/s1. The van der Waals surface area contributed by atoms with Crippen molar-refractivity contribution in [2.75, 3.05) is 50.9 Å². The van der Waals surface area contributed by atoms with E-state index in [-0.39, 0.29) is 11.9 Å². The third-order valence-corrected chi connectivity index (χ3v) is 5.27. The summed E-state index contributed by atoms with van der Waals surface area (Å²) >= 11 is 0. The van der Waals surface area contributed by atoms with E-state index in [1.807, 2.05) is 19.1 Å². The number of carbonyl (C=O) groups is 1. The molecule has 1 saturated heterocycles. The maximum Gasteiger partial charge on any atom is 0.310 e. The summed E-state index contributed by atoms with van der Waals surface area (Å²) < 4.78 is 11.1. The van der Waals surface area contributed by atoms with Crippen molar-refractivity contribution in [3.05, 3.63) is 60.7 Å². The molecule has 0 aliphatic carbocycles. The number of hydrogen-bond acceptors (Lipinski definition) is 5. The largest absolute Gasteiger partial charge is 0.466 e. The van der Waals surface area contributed by atoms with Gasteiger partial charge in [0.15, 0.2) is 0 Å². The highest BCUT2D eigenvalue weighted by atomic mass is 16.5. The van der Waals surface area contributed by atoms with Gasteiger partial charge in [-0.25, -0.2) is 0 Å². The van der Waals surface area contributed by atoms with Gasteiger partial charge in [-0.1, -0.05) is 36.4 Å². The number of anilines is 2. The second kappa shape index (κ2) is 11.6. The first-order valence-electron chi connectivity index (χ1n) is 10.6. The lowest BCUT2D eigenvalue weighted by Crippen LogP contribution is -2.41. The fraction of sp³-hybridized carbons (Fsp3) is 0.458. The molecule has 5 heteroatoms. The van der Waals surface area contributed by atoms with E-state index in [1.54, 1.807) is 0 Å². The molecule has 29 heavy (non-hydrogen) atoms. The van der Waals surface area contributed by atoms with Gasteiger partial charge in [-0.3, -0.25) is 4.79 Å². The molecule has 156 valence electrons. The van der Waals surface area contributed by atoms with E-state index in [2.05, 4.69) is 58.3 Å². The number of hydrogen-bond donors (Lipinski definition) is 0. The van der Waals surface area contributed by atoms with Crippen LogP contribution in [-0.2, 0) is 14.3 Å². The van der Waals surface area contributed by atoms with Crippen molar-refractivity contribution in [1.82, 2.24) is 4.90 Å². The molecular formula is C24H32N2O3. The van der Waals surface area contributed by atoms with Crippen LogP contribution in [0.2, 0.25) is 0 Å². The van der Waals surface area contributed by atoms with Gasteiger partial charge >= 0.3 is 5.97 Å². The fourth-order valence-electron chi connectivity index (χ4n) is 3.79. The second-order valence-corrected chi connectivity index (χ2v) is 7.33. The zero-order chi connectivity index (χ0) is 20.3. The van der Waals surface area contributed by atoms with Crippen molar-refractivity contribution in [2.24, 2.45) is 5.92 Å². The number of likely N-dealkylation sites (tertiary alicyclic amines) is 1. The van der Waals surface area contributed by atoms with Gasteiger partial charge in [0.05, 0.1) is 25.7 Å². The zero-order valence-electron chi connectivity index (χ0n) is 17.3. The van der Waals surface area contributed by atoms with Crippen LogP contribution in [0.5, 0.6) is 0 Å². The summed E-state index contributed by atoms with van der Waals surface area (Å²) in [5.74, 6) is -0.0464. The van der Waals surface area contributed by atoms with Gasteiger partial charge in [0, 0.05) is 31.0 Å². The molecular weight excluding hydrogens is 364 g/mol. The van der Waals surface area contributed by atoms with E-state index in [0.717, 1.165) is 50.4 Å². The number of benzene rings is 2. The smallest absolute Gasteiger partial charge is 0.310 e. The number of piperidine rings is 1. The van der Waals surface area contributed by atoms with Crippen LogP contribution in [0.25, 0.3) is 0 Å². The third kappa shape index (κ3) is 6.58. The minimum atomic E-state index is -0.0560. The Kier molecular flexibility index (Phi) is 8.53. The summed E-state index contributed by atoms with van der Waals surface area (Å²) in [5.41, 5.74) is 2.33. The van der Waals surface area contributed by atoms with Crippen LogP contribution in [0.4, 0.5) is 11.4 Å². The van der Waals surface area contributed by atoms with Crippen LogP contribution in [0.15, 0.2) is 60.7 Å². The summed E-state index contributed by atoms with van der Waals surface area (Å²) in [6, 6.07) is 20.8. The number of esters is 1. The molecule has 5 nitrogen and oxygen atoms in total. The van der Waals surface area contributed by atoms with Crippen LogP contribution in [0.1, 0.15) is 19.8 Å². The number of carbonyl (C=O) groups excluding carboxylic acids is 1. The van der Waals surface area contributed by atoms with E-state index in [0.29, 0.717) is 19.8 Å². The molecule has 2 aromatic rings. The molecule has 1 aliphatic rings. The van der Waals surface area contributed by atoms with Crippen LogP contribution in [-0.4, -0.2) is 56.9 Å². The van der Waals surface area contributed by atoms with Crippen LogP contribution < -0.4 is 4.90 Å². The van der Waals surface area contributed by atoms with Crippen molar-refractivity contribution in [2.45, 2.75) is 19.8 Å². The summed E-state index contributed by atoms with van der Waals surface area (Å²) in [6.07, 6.45) is 1.97. The van der Waals surface area contributed by atoms with Crippen LogP contribution in [0.3, 0.4) is 0 Å². The Hall–Kier alpha value is -2.37. The molecule has 0 N–H and O–H groups in total. The van der Waals surface area contributed by atoms with Gasteiger partial charge < -0.3 is 19.3 Å². The Morgan fingerprint density at radius 3 is 2.31 bits per heavy atom. The SMILES string of the molecule is CCOC(=O)[C@@H]1CCCN(CCOCCN(c2ccccc2)c2ccccc2)C1. The molecule has 3 rings (SSSR count). The number of para-hydroxylation sites is 2. The van der Waals surface area contributed by atoms with E-state index in [1.165, 1.54) is 0 Å². The predicted molar refractivity (Wildman–Crippen MR) is 117 cm³/mol. The Morgan fingerprint density at radius 2 is 1.69 bits per heavy atom. The molecule has 0 unspecified atom stereocenters. The average Bonchev–Trinajstić information content (AvgIpc) is 2.78. The number of ether oxygens (including phenoxy) is 2. The molecule has 0 radical (unpaired) electrons. The molecule has 0 amide bonds. The lowest BCUT2D eigenvalue weighted by molar-refractivity contribution is -0.150. The van der Waals surface area contributed by atoms with Gasteiger partial charge in [-0.15, -0.1) is 0 Å². The van der Waals surface area contributed by atoms with Crippen molar-refractivity contribution in [3.63, 3.8) is 0 Å². The summed E-state index contributed by atoms with van der Waals surface area (Å²) in [4.78, 5) is 16.6. The van der Waals surface area contributed by atoms with Gasteiger partial charge in [0.2, 0.25) is 0 Å². The maximum atomic E-state index is 12.0. The van der Waals surface area contributed by atoms with E-state index >= 15 is 0 Å². The molecule has 1 aliphatic heterocycles. The lowest BCUT2D eigenvalue weighted by Gasteiger charge is -2.31. The Morgan fingerprint density at radius 1 is 1.03 bits per heavy atom.